The molecule has 0 aliphatic rings. The number of aromatic nitrogens is 3. The standard InChI is InChI=1S/C28H26FN5O3/c1-36-22-12-9-17(15-23(22)37-2)13-14-34-26(30)24(28(35)31-16-18-7-10-19(29)11-8-18)25-27(34)33-21-6-4-3-5-20(21)32-25/h3-12,15H,13-14,16,30H2,1-2H3,(H,31,35). The third-order valence-corrected chi connectivity index (χ3v) is 6.26. The molecular formula is C28H26FN5O3. The van der Waals surface area contributed by atoms with Gasteiger partial charge in [-0.2, -0.15) is 0 Å². The van der Waals surface area contributed by atoms with Crippen LogP contribution in [-0.4, -0.2) is 34.7 Å². The summed E-state index contributed by atoms with van der Waals surface area (Å²) in [6.07, 6.45) is 0.611. The van der Waals surface area contributed by atoms with Crippen molar-refractivity contribution in [2.45, 2.75) is 19.5 Å². The number of hydrogen-bond acceptors (Lipinski definition) is 6. The number of para-hydroxylation sites is 2. The zero-order valence-corrected chi connectivity index (χ0v) is 20.5. The van der Waals surface area contributed by atoms with Crippen molar-refractivity contribution in [3.05, 3.63) is 89.2 Å². The maximum Gasteiger partial charge on any atom is 0.257 e. The summed E-state index contributed by atoms with van der Waals surface area (Å²) in [7, 11) is 3.19. The van der Waals surface area contributed by atoms with Gasteiger partial charge in [-0.3, -0.25) is 4.79 Å². The van der Waals surface area contributed by atoms with E-state index in [0.29, 0.717) is 46.7 Å². The number of aryl methyl sites for hydroxylation is 2. The predicted molar refractivity (Wildman–Crippen MR) is 140 cm³/mol. The van der Waals surface area contributed by atoms with Crippen LogP contribution >= 0.6 is 0 Å². The van der Waals surface area contributed by atoms with Crippen LogP contribution in [0.25, 0.3) is 22.2 Å². The molecule has 8 nitrogen and oxygen atoms in total. The van der Waals surface area contributed by atoms with Crippen LogP contribution in [0, 0.1) is 5.82 Å². The first kappa shape index (κ1) is 24.1. The largest absolute Gasteiger partial charge is 0.493 e. The average molecular weight is 500 g/mol. The minimum atomic E-state index is -0.374. The fourth-order valence-corrected chi connectivity index (χ4v) is 4.32. The first-order chi connectivity index (χ1) is 18.0. The number of nitrogens with one attached hydrogen (secondary N) is 1. The molecule has 2 heterocycles. The summed E-state index contributed by atoms with van der Waals surface area (Å²) < 4.78 is 25.8. The van der Waals surface area contributed by atoms with Gasteiger partial charge in [0.1, 0.15) is 22.7 Å². The molecule has 0 unspecified atom stereocenters. The molecule has 0 radical (unpaired) electrons. The van der Waals surface area contributed by atoms with Gasteiger partial charge in [0.05, 0.1) is 25.3 Å². The monoisotopic (exact) mass is 499 g/mol. The summed E-state index contributed by atoms with van der Waals surface area (Å²) in [5.74, 6) is 0.856. The number of rotatable bonds is 8. The van der Waals surface area contributed by atoms with E-state index >= 15 is 0 Å². The number of fused-ring (bicyclic) bond motifs is 2. The quantitative estimate of drug-likeness (QED) is 0.326. The van der Waals surface area contributed by atoms with Gasteiger partial charge in [0, 0.05) is 13.1 Å². The molecule has 2 aromatic heterocycles. The number of carbonyl (C=O) groups excluding carboxylic acids is 1. The van der Waals surface area contributed by atoms with E-state index in [0.717, 1.165) is 11.1 Å². The van der Waals surface area contributed by atoms with Gasteiger partial charge < -0.3 is 25.1 Å². The van der Waals surface area contributed by atoms with Crippen LogP contribution in [0.5, 0.6) is 11.5 Å². The Balaban J connectivity index is 1.50. The Labute approximate surface area is 212 Å². The van der Waals surface area contributed by atoms with Crippen LogP contribution in [-0.2, 0) is 19.5 Å². The number of amides is 1. The van der Waals surface area contributed by atoms with Crippen molar-refractivity contribution < 1.29 is 18.7 Å². The Morgan fingerprint density at radius 1 is 0.946 bits per heavy atom. The van der Waals surface area contributed by atoms with Gasteiger partial charge in [0.15, 0.2) is 17.1 Å². The van der Waals surface area contributed by atoms with Crippen molar-refractivity contribution in [3.63, 3.8) is 0 Å². The maximum absolute atomic E-state index is 13.3. The first-order valence-corrected chi connectivity index (χ1v) is 11.8. The van der Waals surface area contributed by atoms with E-state index in [9.17, 15) is 9.18 Å². The molecule has 3 aromatic carbocycles. The van der Waals surface area contributed by atoms with E-state index in [1.807, 2.05) is 47.0 Å². The third kappa shape index (κ3) is 4.75. The number of nitrogens with two attached hydrogens (primary N) is 1. The molecule has 0 fully saturated rings. The number of benzene rings is 3. The number of methoxy groups -OCH3 is 2. The van der Waals surface area contributed by atoms with E-state index in [1.165, 1.54) is 12.1 Å². The number of ether oxygens (including phenoxy) is 2. The van der Waals surface area contributed by atoms with Gasteiger partial charge in [0.25, 0.3) is 5.91 Å². The molecule has 37 heavy (non-hydrogen) atoms. The molecule has 188 valence electrons. The zero-order valence-electron chi connectivity index (χ0n) is 20.5. The van der Waals surface area contributed by atoms with Gasteiger partial charge in [-0.25, -0.2) is 14.4 Å². The van der Waals surface area contributed by atoms with Crippen LogP contribution in [0.2, 0.25) is 0 Å². The molecule has 0 saturated heterocycles. The number of carbonyl (C=O) groups is 1. The lowest BCUT2D eigenvalue weighted by Crippen LogP contribution is -2.24. The summed E-state index contributed by atoms with van der Waals surface area (Å²) in [6, 6.07) is 19.2. The second kappa shape index (κ2) is 10.1. The number of halogens is 1. The average Bonchev–Trinajstić information content (AvgIpc) is 3.19. The number of nitrogens with zero attached hydrogens (tertiary/aromatic N) is 3. The second-order valence-electron chi connectivity index (χ2n) is 8.54. The SMILES string of the molecule is COc1ccc(CCn2c(N)c(C(=O)NCc3ccc(F)cc3)c3nc4ccccc4nc32)cc1OC. The van der Waals surface area contributed by atoms with Crippen LogP contribution in [0.1, 0.15) is 21.5 Å². The van der Waals surface area contributed by atoms with Crippen molar-refractivity contribution in [1.29, 1.82) is 0 Å². The van der Waals surface area contributed by atoms with Crippen molar-refractivity contribution in [2.24, 2.45) is 0 Å². The van der Waals surface area contributed by atoms with Crippen molar-refractivity contribution in [1.82, 2.24) is 19.9 Å². The minimum Gasteiger partial charge on any atom is -0.493 e. The highest BCUT2D eigenvalue weighted by Gasteiger charge is 2.24. The lowest BCUT2D eigenvalue weighted by Gasteiger charge is -2.11. The molecule has 9 heteroatoms. The van der Waals surface area contributed by atoms with E-state index < -0.39 is 0 Å². The fraction of sp³-hybridized carbons (Fsp3) is 0.179. The zero-order chi connectivity index (χ0) is 25.9. The van der Waals surface area contributed by atoms with Crippen LogP contribution in [0.15, 0.2) is 66.7 Å². The molecule has 0 atom stereocenters. The summed E-state index contributed by atoms with van der Waals surface area (Å²) in [5.41, 5.74) is 10.9. The van der Waals surface area contributed by atoms with E-state index in [-0.39, 0.29) is 29.7 Å². The van der Waals surface area contributed by atoms with Crippen LogP contribution in [0.3, 0.4) is 0 Å². The van der Waals surface area contributed by atoms with E-state index in [1.54, 1.807) is 26.4 Å². The van der Waals surface area contributed by atoms with Crippen molar-refractivity contribution in [3.8, 4) is 11.5 Å². The molecule has 0 aliphatic carbocycles. The summed E-state index contributed by atoms with van der Waals surface area (Å²) >= 11 is 0. The lowest BCUT2D eigenvalue weighted by atomic mass is 10.1. The minimum absolute atomic E-state index is 0.220. The van der Waals surface area contributed by atoms with E-state index in [4.69, 9.17) is 25.2 Å². The molecule has 5 rings (SSSR count). The maximum atomic E-state index is 13.3. The highest BCUT2D eigenvalue weighted by atomic mass is 19.1. The molecule has 0 spiro atoms. The lowest BCUT2D eigenvalue weighted by molar-refractivity contribution is 0.0953. The number of hydrogen-bond donors (Lipinski definition) is 2. The summed E-state index contributed by atoms with van der Waals surface area (Å²) in [4.78, 5) is 22.9. The fourth-order valence-electron chi connectivity index (χ4n) is 4.32. The number of nitrogen functional groups attached to an aromatic ring is 1. The topological polar surface area (TPSA) is 104 Å². The van der Waals surface area contributed by atoms with Gasteiger partial charge in [0.2, 0.25) is 0 Å². The third-order valence-electron chi connectivity index (χ3n) is 6.26. The molecule has 3 N–H and O–H groups in total. The molecule has 0 bridgehead atoms. The van der Waals surface area contributed by atoms with Gasteiger partial charge >= 0.3 is 0 Å². The summed E-state index contributed by atoms with van der Waals surface area (Å²) in [6.45, 7) is 0.688. The van der Waals surface area contributed by atoms with Crippen molar-refractivity contribution >= 4 is 33.9 Å². The molecule has 0 aliphatic heterocycles. The Morgan fingerprint density at radius 3 is 2.32 bits per heavy atom. The van der Waals surface area contributed by atoms with Gasteiger partial charge in [-0.05, 0) is 53.9 Å². The predicted octanol–water partition coefficient (Wildman–Crippen LogP) is 4.50. The molecule has 0 saturated carbocycles. The Morgan fingerprint density at radius 2 is 1.62 bits per heavy atom. The van der Waals surface area contributed by atoms with Gasteiger partial charge in [-0.15, -0.1) is 0 Å². The normalized spacial score (nSPS) is 11.1. The van der Waals surface area contributed by atoms with Gasteiger partial charge in [-0.1, -0.05) is 30.3 Å². The number of anilines is 1. The highest BCUT2D eigenvalue weighted by Crippen LogP contribution is 2.30. The Bertz CT molecular complexity index is 1600. The summed E-state index contributed by atoms with van der Waals surface area (Å²) in [5, 5.41) is 2.88. The van der Waals surface area contributed by atoms with E-state index in [2.05, 4.69) is 5.32 Å². The smallest absolute Gasteiger partial charge is 0.257 e. The first-order valence-electron chi connectivity index (χ1n) is 11.8. The van der Waals surface area contributed by atoms with Crippen LogP contribution in [0.4, 0.5) is 10.2 Å². The van der Waals surface area contributed by atoms with Crippen molar-refractivity contribution in [2.75, 3.05) is 20.0 Å². The second-order valence-corrected chi connectivity index (χ2v) is 8.54. The van der Waals surface area contributed by atoms with Crippen LogP contribution < -0.4 is 20.5 Å². The Hall–Kier alpha value is -4.66. The molecular weight excluding hydrogens is 473 g/mol. The molecule has 5 aromatic rings. The highest BCUT2D eigenvalue weighted by molar-refractivity contribution is 6.10. The molecule has 1 amide bonds. The Kier molecular flexibility index (Phi) is 6.59.